The van der Waals surface area contributed by atoms with Gasteiger partial charge in [-0.15, -0.1) is 0 Å². The fourth-order valence-corrected chi connectivity index (χ4v) is 2.00. The van der Waals surface area contributed by atoms with E-state index >= 15 is 0 Å². The van der Waals surface area contributed by atoms with Gasteiger partial charge in [-0.2, -0.15) is 0 Å². The molecule has 2 nitrogen and oxygen atoms in total. The summed E-state index contributed by atoms with van der Waals surface area (Å²) in [7, 11) is 0. The van der Waals surface area contributed by atoms with Crippen LogP contribution in [0.3, 0.4) is 0 Å². The number of hydrogen-bond donors (Lipinski definition) is 0. The smallest absolute Gasteiger partial charge is 0.309 e. The Morgan fingerprint density at radius 2 is 2.07 bits per heavy atom. The van der Waals surface area contributed by atoms with Gasteiger partial charge in [-0.25, -0.2) is 0 Å². The highest BCUT2D eigenvalue weighted by Gasteiger charge is 2.25. The van der Waals surface area contributed by atoms with Crippen molar-refractivity contribution in [2.24, 2.45) is 5.92 Å². The largest absolute Gasteiger partial charge is 0.465 e. The second kappa shape index (κ2) is 4.96. The normalized spacial score (nSPS) is 20.3. The molecule has 1 aromatic rings. The summed E-state index contributed by atoms with van der Waals surface area (Å²) in [6.07, 6.45) is 4.01. The lowest BCUT2D eigenvalue weighted by Gasteiger charge is -2.04. The summed E-state index contributed by atoms with van der Waals surface area (Å²) in [4.78, 5) is 11.2. The molecule has 1 atom stereocenters. The van der Waals surface area contributed by atoms with Gasteiger partial charge in [-0.1, -0.05) is 30.3 Å². The maximum Gasteiger partial charge on any atom is 0.309 e. The molecular weight excluding hydrogens is 188 g/mol. The van der Waals surface area contributed by atoms with Gasteiger partial charge in [0.2, 0.25) is 0 Å². The van der Waals surface area contributed by atoms with E-state index in [-0.39, 0.29) is 11.9 Å². The Balaban J connectivity index is 1.73. The van der Waals surface area contributed by atoms with Crippen LogP contribution in [-0.4, -0.2) is 12.6 Å². The Kier molecular flexibility index (Phi) is 3.38. The maximum absolute atomic E-state index is 11.2. The second-order valence-corrected chi connectivity index (χ2v) is 4.03. The van der Waals surface area contributed by atoms with Crippen LogP contribution in [0.15, 0.2) is 30.3 Å². The zero-order valence-electron chi connectivity index (χ0n) is 8.82. The Morgan fingerprint density at radius 1 is 1.27 bits per heavy atom. The maximum atomic E-state index is 11.2. The van der Waals surface area contributed by atoms with Crippen molar-refractivity contribution in [3.8, 4) is 0 Å². The quantitative estimate of drug-likeness (QED) is 0.704. The second-order valence-electron chi connectivity index (χ2n) is 4.03. The van der Waals surface area contributed by atoms with Gasteiger partial charge in [-0.05, 0) is 31.2 Å². The van der Waals surface area contributed by atoms with E-state index in [0.717, 1.165) is 25.7 Å². The SMILES string of the molecule is O=C1OCCC1CCCc1ccccc1. The molecule has 1 aliphatic heterocycles. The highest BCUT2D eigenvalue weighted by atomic mass is 16.5. The number of esters is 1. The van der Waals surface area contributed by atoms with E-state index in [4.69, 9.17) is 4.74 Å². The van der Waals surface area contributed by atoms with E-state index in [0.29, 0.717) is 6.61 Å². The van der Waals surface area contributed by atoms with Crippen LogP contribution in [0.4, 0.5) is 0 Å². The third-order valence-corrected chi connectivity index (χ3v) is 2.90. The number of aryl methyl sites for hydroxylation is 1. The van der Waals surface area contributed by atoms with Gasteiger partial charge in [0.25, 0.3) is 0 Å². The first-order chi connectivity index (χ1) is 7.36. The number of hydrogen-bond acceptors (Lipinski definition) is 2. The lowest BCUT2D eigenvalue weighted by molar-refractivity contribution is -0.141. The van der Waals surface area contributed by atoms with E-state index < -0.39 is 0 Å². The van der Waals surface area contributed by atoms with Crippen LogP contribution < -0.4 is 0 Å². The monoisotopic (exact) mass is 204 g/mol. The van der Waals surface area contributed by atoms with E-state index in [2.05, 4.69) is 24.3 Å². The predicted molar refractivity (Wildman–Crippen MR) is 58.4 cm³/mol. The molecule has 1 heterocycles. The van der Waals surface area contributed by atoms with Gasteiger partial charge in [-0.3, -0.25) is 4.79 Å². The molecule has 2 rings (SSSR count). The minimum Gasteiger partial charge on any atom is -0.465 e. The molecule has 1 aliphatic rings. The van der Waals surface area contributed by atoms with Crippen molar-refractivity contribution in [2.75, 3.05) is 6.61 Å². The first kappa shape index (κ1) is 10.2. The van der Waals surface area contributed by atoms with Crippen molar-refractivity contribution in [2.45, 2.75) is 25.7 Å². The Hall–Kier alpha value is -1.31. The van der Waals surface area contributed by atoms with Crippen LogP contribution in [0.1, 0.15) is 24.8 Å². The van der Waals surface area contributed by atoms with Crippen molar-refractivity contribution in [3.05, 3.63) is 35.9 Å². The third kappa shape index (κ3) is 2.82. The topological polar surface area (TPSA) is 26.3 Å². The van der Waals surface area contributed by atoms with E-state index in [9.17, 15) is 4.79 Å². The summed E-state index contributed by atoms with van der Waals surface area (Å²) < 4.78 is 4.93. The van der Waals surface area contributed by atoms with Crippen molar-refractivity contribution in [3.63, 3.8) is 0 Å². The van der Waals surface area contributed by atoms with Crippen molar-refractivity contribution < 1.29 is 9.53 Å². The third-order valence-electron chi connectivity index (χ3n) is 2.90. The molecule has 1 aromatic carbocycles. The molecule has 0 amide bonds. The molecule has 80 valence electrons. The van der Waals surface area contributed by atoms with Crippen LogP contribution in [0.5, 0.6) is 0 Å². The molecule has 0 spiro atoms. The van der Waals surface area contributed by atoms with E-state index in [1.807, 2.05) is 6.07 Å². The number of cyclic esters (lactones) is 1. The molecule has 1 fully saturated rings. The molecule has 15 heavy (non-hydrogen) atoms. The molecule has 0 N–H and O–H groups in total. The average Bonchev–Trinajstić information content (AvgIpc) is 2.66. The molecule has 0 bridgehead atoms. The number of carbonyl (C=O) groups excluding carboxylic acids is 1. The highest BCUT2D eigenvalue weighted by molar-refractivity contribution is 5.73. The van der Waals surface area contributed by atoms with E-state index in [1.54, 1.807) is 0 Å². The predicted octanol–water partition coefficient (Wildman–Crippen LogP) is 2.57. The van der Waals surface area contributed by atoms with Crippen molar-refractivity contribution in [1.29, 1.82) is 0 Å². The molecule has 1 saturated heterocycles. The van der Waals surface area contributed by atoms with Crippen molar-refractivity contribution in [1.82, 2.24) is 0 Å². The molecular formula is C13H16O2. The summed E-state index contributed by atoms with van der Waals surface area (Å²) in [6.45, 7) is 0.620. The standard InChI is InChI=1S/C13H16O2/c14-13-12(9-10-15-13)8-4-7-11-5-2-1-3-6-11/h1-3,5-6,12H,4,7-10H2. The number of benzene rings is 1. The fraction of sp³-hybridized carbons (Fsp3) is 0.462. The molecule has 1 unspecified atom stereocenters. The minimum absolute atomic E-state index is 0.00283. The summed E-state index contributed by atoms with van der Waals surface area (Å²) in [5.41, 5.74) is 1.35. The number of carbonyl (C=O) groups is 1. The zero-order valence-corrected chi connectivity index (χ0v) is 8.82. The molecule has 0 saturated carbocycles. The number of ether oxygens (including phenoxy) is 1. The Labute approximate surface area is 90.3 Å². The highest BCUT2D eigenvalue weighted by Crippen LogP contribution is 2.20. The summed E-state index contributed by atoms with van der Waals surface area (Å²) >= 11 is 0. The van der Waals surface area contributed by atoms with Gasteiger partial charge in [0.1, 0.15) is 0 Å². The van der Waals surface area contributed by atoms with E-state index in [1.165, 1.54) is 5.56 Å². The summed E-state index contributed by atoms with van der Waals surface area (Å²) in [5.74, 6) is 0.164. The van der Waals surface area contributed by atoms with Gasteiger partial charge in [0.15, 0.2) is 0 Å². The average molecular weight is 204 g/mol. The Morgan fingerprint density at radius 3 is 2.73 bits per heavy atom. The molecule has 0 aliphatic carbocycles. The summed E-state index contributed by atoms with van der Waals surface area (Å²) in [6, 6.07) is 10.4. The zero-order chi connectivity index (χ0) is 10.5. The first-order valence-electron chi connectivity index (χ1n) is 5.57. The molecule has 2 heteroatoms. The Bertz CT molecular complexity index is 319. The van der Waals surface area contributed by atoms with Crippen LogP contribution >= 0.6 is 0 Å². The lowest BCUT2D eigenvalue weighted by atomic mass is 9.98. The minimum atomic E-state index is 0.00283. The fourth-order valence-electron chi connectivity index (χ4n) is 2.00. The van der Waals surface area contributed by atoms with Crippen LogP contribution in [0.25, 0.3) is 0 Å². The molecule has 0 aromatic heterocycles. The molecule has 0 radical (unpaired) electrons. The van der Waals surface area contributed by atoms with Gasteiger partial charge >= 0.3 is 5.97 Å². The summed E-state index contributed by atoms with van der Waals surface area (Å²) in [5, 5.41) is 0. The van der Waals surface area contributed by atoms with Gasteiger partial charge in [0, 0.05) is 0 Å². The van der Waals surface area contributed by atoms with Crippen LogP contribution in [0.2, 0.25) is 0 Å². The van der Waals surface area contributed by atoms with Crippen LogP contribution in [0, 0.1) is 5.92 Å². The first-order valence-corrected chi connectivity index (χ1v) is 5.57. The van der Waals surface area contributed by atoms with Crippen molar-refractivity contribution >= 4 is 5.97 Å². The van der Waals surface area contributed by atoms with Gasteiger partial charge < -0.3 is 4.74 Å². The number of rotatable bonds is 4. The van der Waals surface area contributed by atoms with Gasteiger partial charge in [0.05, 0.1) is 12.5 Å². The lowest BCUT2D eigenvalue weighted by Crippen LogP contribution is -2.07. The van der Waals surface area contributed by atoms with Crippen LogP contribution in [-0.2, 0) is 16.0 Å².